The van der Waals surface area contributed by atoms with Crippen molar-refractivity contribution in [2.24, 2.45) is 0 Å². The molecule has 29 heavy (non-hydrogen) atoms. The summed E-state index contributed by atoms with van der Waals surface area (Å²) in [5, 5.41) is 4.05. The van der Waals surface area contributed by atoms with E-state index in [1.165, 1.54) is 11.8 Å². The van der Waals surface area contributed by atoms with Crippen molar-refractivity contribution >= 4 is 40.0 Å². The Morgan fingerprint density at radius 3 is 2.79 bits per heavy atom. The maximum absolute atomic E-state index is 12.9. The third-order valence-electron chi connectivity index (χ3n) is 5.34. The van der Waals surface area contributed by atoms with Gasteiger partial charge >= 0.3 is 0 Å². The number of aryl methyl sites for hydroxylation is 1. The number of carbonyl (C=O) groups excluding carboxylic acids is 2. The molecule has 0 bridgehead atoms. The number of para-hydroxylation sites is 1. The highest BCUT2D eigenvalue weighted by Crippen LogP contribution is 2.37. The van der Waals surface area contributed by atoms with Crippen molar-refractivity contribution in [2.45, 2.75) is 36.9 Å². The highest BCUT2D eigenvalue weighted by atomic mass is 32.2. The summed E-state index contributed by atoms with van der Waals surface area (Å²) < 4.78 is 1.75. The van der Waals surface area contributed by atoms with Gasteiger partial charge in [-0.15, -0.1) is 0 Å². The fourth-order valence-corrected chi connectivity index (χ4v) is 4.61. The molecule has 3 aromatic rings. The van der Waals surface area contributed by atoms with Crippen LogP contribution in [0.5, 0.6) is 0 Å². The minimum Gasteiger partial charge on any atom is -0.326 e. The van der Waals surface area contributed by atoms with Crippen molar-refractivity contribution in [3.05, 3.63) is 63.9 Å². The molecule has 1 aromatic heterocycles. The lowest BCUT2D eigenvalue weighted by Gasteiger charge is -2.17. The second-order valence-corrected chi connectivity index (χ2v) is 8.39. The predicted octanol–water partition coefficient (Wildman–Crippen LogP) is 3.59. The van der Waals surface area contributed by atoms with Gasteiger partial charge in [0.1, 0.15) is 0 Å². The first-order valence-corrected chi connectivity index (χ1v) is 10.7. The van der Waals surface area contributed by atoms with Gasteiger partial charge in [0.2, 0.25) is 5.91 Å². The van der Waals surface area contributed by atoms with E-state index in [-0.39, 0.29) is 29.0 Å². The van der Waals surface area contributed by atoms with E-state index < -0.39 is 0 Å². The molecule has 1 saturated carbocycles. The van der Waals surface area contributed by atoms with Crippen molar-refractivity contribution < 1.29 is 9.59 Å². The number of benzene rings is 2. The monoisotopic (exact) mass is 405 g/mol. The number of carbonyl (C=O) groups is 2. The molecule has 1 aliphatic carbocycles. The summed E-state index contributed by atoms with van der Waals surface area (Å²) in [4.78, 5) is 41.9. The van der Waals surface area contributed by atoms with Gasteiger partial charge in [-0.2, -0.15) is 0 Å². The molecule has 1 amide bonds. The first-order chi connectivity index (χ1) is 14.1. The largest absolute Gasteiger partial charge is 0.326 e. The van der Waals surface area contributed by atoms with Crippen LogP contribution in [0, 0.1) is 0 Å². The third kappa shape index (κ3) is 3.46. The number of nitrogens with one attached hydrogen (secondary N) is 1. The number of hydrogen-bond donors (Lipinski definition) is 1. The van der Waals surface area contributed by atoms with Crippen LogP contribution in [0.2, 0.25) is 0 Å². The molecule has 5 rings (SSSR count). The first-order valence-electron chi connectivity index (χ1n) is 9.70. The zero-order valence-electron chi connectivity index (χ0n) is 15.7. The molecule has 146 valence electrons. The third-order valence-corrected chi connectivity index (χ3v) is 6.30. The highest BCUT2D eigenvalue weighted by Gasteiger charge is 2.29. The summed E-state index contributed by atoms with van der Waals surface area (Å²) in [6, 6.07) is 12.9. The Morgan fingerprint density at radius 2 is 1.97 bits per heavy atom. The Bertz CT molecular complexity index is 1210. The molecule has 7 heteroatoms. The van der Waals surface area contributed by atoms with Crippen LogP contribution >= 0.6 is 11.8 Å². The molecule has 2 aromatic carbocycles. The molecule has 1 N–H and O–H groups in total. The smallest absolute Gasteiger partial charge is 0.262 e. The lowest BCUT2D eigenvalue weighted by molar-refractivity contribution is -0.116. The van der Waals surface area contributed by atoms with Crippen molar-refractivity contribution in [1.29, 1.82) is 0 Å². The SMILES string of the molecule is O=C1CCc2cc(C(=O)CSc3nc4ccccc4c(=O)n3C3CC3)ccc2N1. The quantitative estimate of drug-likeness (QED) is 0.399. The average Bonchev–Trinajstić information content (AvgIpc) is 3.56. The Labute approximate surface area is 171 Å². The van der Waals surface area contributed by atoms with Crippen molar-refractivity contribution in [3.63, 3.8) is 0 Å². The fourth-order valence-electron chi connectivity index (χ4n) is 3.65. The van der Waals surface area contributed by atoms with Crippen LogP contribution in [-0.2, 0) is 11.2 Å². The minimum absolute atomic E-state index is 0.00700. The van der Waals surface area contributed by atoms with E-state index in [2.05, 4.69) is 10.3 Å². The molecule has 0 saturated heterocycles. The van der Waals surface area contributed by atoms with Crippen LogP contribution in [0.25, 0.3) is 10.9 Å². The first kappa shape index (κ1) is 18.1. The number of thioether (sulfide) groups is 1. The van der Waals surface area contributed by atoms with Crippen molar-refractivity contribution in [3.8, 4) is 0 Å². The van der Waals surface area contributed by atoms with Gasteiger partial charge in [0.15, 0.2) is 10.9 Å². The summed E-state index contributed by atoms with van der Waals surface area (Å²) in [6.07, 6.45) is 3.02. The van der Waals surface area contributed by atoms with Gasteiger partial charge in [0.25, 0.3) is 5.56 Å². The summed E-state index contributed by atoms with van der Waals surface area (Å²) in [6.45, 7) is 0. The molecular formula is C22H19N3O3S. The van der Waals surface area contributed by atoms with Crippen molar-refractivity contribution in [1.82, 2.24) is 9.55 Å². The van der Waals surface area contributed by atoms with Crippen molar-refractivity contribution in [2.75, 3.05) is 11.1 Å². The van der Waals surface area contributed by atoms with E-state index >= 15 is 0 Å². The molecule has 0 spiro atoms. The number of hydrogen-bond acceptors (Lipinski definition) is 5. The van der Waals surface area contributed by atoms with Crippen LogP contribution in [0.1, 0.15) is 41.2 Å². The number of ketones is 1. The van der Waals surface area contributed by atoms with Gasteiger partial charge in [0.05, 0.1) is 16.7 Å². The average molecular weight is 405 g/mol. The molecule has 0 radical (unpaired) electrons. The van der Waals surface area contributed by atoms with Crippen LogP contribution < -0.4 is 10.9 Å². The Kier molecular flexibility index (Phi) is 4.47. The van der Waals surface area contributed by atoms with Gasteiger partial charge < -0.3 is 5.32 Å². The van der Waals surface area contributed by atoms with E-state index in [9.17, 15) is 14.4 Å². The summed E-state index contributed by atoms with van der Waals surface area (Å²) in [7, 11) is 0. The molecule has 2 heterocycles. The molecule has 1 fully saturated rings. The highest BCUT2D eigenvalue weighted by molar-refractivity contribution is 7.99. The topological polar surface area (TPSA) is 81.1 Å². The van der Waals surface area contributed by atoms with E-state index in [0.717, 1.165) is 24.1 Å². The number of rotatable bonds is 5. The minimum atomic E-state index is -0.0300. The van der Waals surface area contributed by atoms with E-state index in [4.69, 9.17) is 0 Å². The van der Waals surface area contributed by atoms with E-state index in [1.54, 1.807) is 22.8 Å². The van der Waals surface area contributed by atoms with Gasteiger partial charge in [0, 0.05) is 23.7 Å². The second kappa shape index (κ2) is 7.15. The van der Waals surface area contributed by atoms with Crippen LogP contribution in [0.3, 0.4) is 0 Å². The lowest BCUT2D eigenvalue weighted by Crippen LogP contribution is -2.23. The number of aromatic nitrogens is 2. The maximum atomic E-state index is 12.9. The summed E-state index contributed by atoms with van der Waals surface area (Å²) >= 11 is 1.32. The molecule has 1 aliphatic heterocycles. The summed E-state index contributed by atoms with van der Waals surface area (Å²) in [5.74, 6) is 0.204. The molecule has 2 aliphatic rings. The molecule has 6 nitrogen and oxygen atoms in total. The molecular weight excluding hydrogens is 386 g/mol. The number of fused-ring (bicyclic) bond motifs is 2. The zero-order valence-corrected chi connectivity index (χ0v) is 16.5. The van der Waals surface area contributed by atoms with Crippen LogP contribution in [-0.4, -0.2) is 27.0 Å². The van der Waals surface area contributed by atoms with Gasteiger partial charge in [-0.1, -0.05) is 23.9 Å². The fraction of sp³-hybridized carbons (Fsp3) is 0.273. The van der Waals surface area contributed by atoms with Crippen LogP contribution in [0.15, 0.2) is 52.4 Å². The van der Waals surface area contributed by atoms with Crippen LogP contribution in [0.4, 0.5) is 5.69 Å². The van der Waals surface area contributed by atoms with E-state index in [1.807, 2.05) is 24.3 Å². The van der Waals surface area contributed by atoms with Gasteiger partial charge in [-0.25, -0.2) is 4.98 Å². The number of Topliss-reactive ketones (excluding diaryl/α,β-unsaturated/α-hetero) is 1. The Hall–Kier alpha value is -2.93. The second-order valence-electron chi connectivity index (χ2n) is 7.45. The predicted molar refractivity (Wildman–Crippen MR) is 113 cm³/mol. The van der Waals surface area contributed by atoms with Gasteiger partial charge in [-0.3, -0.25) is 19.0 Å². The number of anilines is 1. The molecule has 0 atom stereocenters. The number of amides is 1. The number of nitrogens with zero attached hydrogens (tertiary/aromatic N) is 2. The zero-order chi connectivity index (χ0) is 20.0. The van der Waals surface area contributed by atoms with E-state index in [0.29, 0.717) is 34.5 Å². The summed E-state index contributed by atoms with van der Waals surface area (Å²) in [5.41, 5.74) is 3.02. The maximum Gasteiger partial charge on any atom is 0.262 e. The standard InChI is InChI=1S/C22H19N3O3S/c26-19(14-5-9-17-13(11-14)6-10-20(27)23-17)12-29-22-24-18-4-2-1-3-16(18)21(28)25(22)15-7-8-15/h1-5,9,11,15H,6-8,10,12H2,(H,23,27). The van der Waals surface area contributed by atoms with Gasteiger partial charge in [-0.05, 0) is 55.2 Å². The normalized spacial score (nSPS) is 15.8. The Balaban J connectivity index is 1.41. The molecule has 0 unspecified atom stereocenters. The lowest BCUT2D eigenvalue weighted by atomic mass is 9.99. The Morgan fingerprint density at radius 1 is 1.14 bits per heavy atom.